The average Bonchev–Trinajstić information content (AvgIpc) is 3.81. The summed E-state index contributed by atoms with van der Waals surface area (Å²) in [5, 5.41) is 19.7. The fraction of sp³-hybridized carbons (Fsp3) is 0.0192. The molecule has 0 saturated carbocycles. The third kappa shape index (κ3) is 4.77. The summed E-state index contributed by atoms with van der Waals surface area (Å²) in [7, 11) is 0. The highest BCUT2D eigenvalue weighted by molar-refractivity contribution is 5.98. The van der Waals surface area contributed by atoms with Crippen molar-refractivity contribution in [2.45, 2.75) is 5.41 Å². The van der Waals surface area contributed by atoms with Crippen molar-refractivity contribution < 1.29 is 4.74 Å². The summed E-state index contributed by atoms with van der Waals surface area (Å²) in [5.41, 5.74) is 15.0. The first kappa shape index (κ1) is 32.4. The Morgan fingerprint density at radius 3 is 1.81 bits per heavy atom. The van der Waals surface area contributed by atoms with Crippen LogP contribution in [-0.4, -0.2) is 9.55 Å². The summed E-state index contributed by atoms with van der Waals surface area (Å²) in [6.45, 7) is 0. The lowest BCUT2D eigenvalue weighted by molar-refractivity contribution is 0.436. The second-order valence-corrected chi connectivity index (χ2v) is 14.5. The molecular weight excluding hydrogens is 697 g/mol. The van der Waals surface area contributed by atoms with Crippen LogP contribution in [0, 0.1) is 22.7 Å². The minimum atomic E-state index is -0.655. The highest BCUT2D eigenvalue weighted by atomic mass is 16.5. The van der Waals surface area contributed by atoms with E-state index in [1.807, 2.05) is 36.4 Å². The summed E-state index contributed by atoms with van der Waals surface area (Å²) >= 11 is 0. The lowest BCUT2D eigenvalue weighted by Gasteiger charge is -2.39. The number of benzene rings is 8. The standard InChI is InChI=1S/C52H30N4O/c53-31-33-27-34(32-54)29-38(28-33)37-25-26-42-41(30-37)50-40(13-10-16-45(50)52(42)43-14-4-8-19-48(43)57-49-20-9-5-15-44(49)52)35-21-23-36(24-22-35)51-55-46-17-6-7-18-47(46)56(51)39-11-2-1-3-12-39/h1-30H. The Morgan fingerprint density at radius 2 is 1.09 bits per heavy atom. The smallest absolute Gasteiger partial charge is 0.145 e. The minimum absolute atomic E-state index is 0.454. The predicted molar refractivity (Wildman–Crippen MR) is 224 cm³/mol. The predicted octanol–water partition coefficient (Wildman–Crippen LogP) is 12.2. The molecule has 264 valence electrons. The van der Waals surface area contributed by atoms with E-state index in [-0.39, 0.29) is 0 Å². The number of hydrogen-bond donors (Lipinski definition) is 0. The van der Waals surface area contributed by atoms with Gasteiger partial charge >= 0.3 is 0 Å². The third-order valence-electron chi connectivity index (χ3n) is 11.5. The molecule has 57 heavy (non-hydrogen) atoms. The SMILES string of the molecule is N#Cc1cc(C#N)cc(-c2ccc3c(c2)-c2c(-c4ccc(-c5nc6ccccc6n5-c5ccccc5)cc4)cccc2C32c3ccccc3Oc3ccccc32)c1. The van der Waals surface area contributed by atoms with Gasteiger partial charge in [-0.05, 0) is 105 Å². The summed E-state index contributed by atoms with van der Waals surface area (Å²) in [5.74, 6) is 2.54. The van der Waals surface area contributed by atoms with E-state index in [0.29, 0.717) is 11.1 Å². The van der Waals surface area contributed by atoms with Gasteiger partial charge in [0.25, 0.3) is 0 Å². The topological polar surface area (TPSA) is 74.6 Å². The second-order valence-electron chi connectivity index (χ2n) is 14.5. The zero-order valence-corrected chi connectivity index (χ0v) is 30.5. The van der Waals surface area contributed by atoms with Crippen LogP contribution < -0.4 is 4.74 Å². The normalized spacial score (nSPS) is 12.8. The van der Waals surface area contributed by atoms with Gasteiger partial charge in [0, 0.05) is 22.4 Å². The van der Waals surface area contributed by atoms with E-state index in [4.69, 9.17) is 9.72 Å². The Labute approximate surface area is 329 Å². The molecule has 1 spiro atoms. The monoisotopic (exact) mass is 726 g/mol. The van der Waals surface area contributed by atoms with Gasteiger partial charge in [-0.15, -0.1) is 0 Å². The molecule has 1 aromatic heterocycles. The maximum absolute atomic E-state index is 9.85. The first-order valence-electron chi connectivity index (χ1n) is 18.9. The molecule has 0 saturated heterocycles. The van der Waals surface area contributed by atoms with E-state index in [1.54, 1.807) is 6.07 Å². The van der Waals surface area contributed by atoms with E-state index in [0.717, 1.165) is 89.7 Å². The van der Waals surface area contributed by atoms with Crippen molar-refractivity contribution in [2.75, 3.05) is 0 Å². The number of ether oxygens (including phenoxy) is 1. The van der Waals surface area contributed by atoms with Crippen molar-refractivity contribution in [1.82, 2.24) is 9.55 Å². The number of hydrogen-bond acceptors (Lipinski definition) is 4. The number of nitriles is 2. The minimum Gasteiger partial charge on any atom is -0.457 e. The molecule has 5 nitrogen and oxygen atoms in total. The van der Waals surface area contributed by atoms with Crippen LogP contribution in [0.25, 0.3) is 61.5 Å². The van der Waals surface area contributed by atoms with Crippen molar-refractivity contribution in [3.8, 4) is 74.1 Å². The Morgan fingerprint density at radius 1 is 0.474 bits per heavy atom. The first-order valence-corrected chi connectivity index (χ1v) is 18.9. The van der Waals surface area contributed by atoms with Crippen LogP contribution in [0.4, 0.5) is 0 Å². The van der Waals surface area contributed by atoms with Gasteiger partial charge in [-0.25, -0.2) is 4.98 Å². The molecule has 5 heteroatoms. The van der Waals surface area contributed by atoms with Gasteiger partial charge in [-0.2, -0.15) is 10.5 Å². The molecule has 2 heterocycles. The highest BCUT2D eigenvalue weighted by Crippen LogP contribution is 2.63. The number of aromatic nitrogens is 2. The summed E-state index contributed by atoms with van der Waals surface area (Å²) in [4.78, 5) is 5.12. The lowest BCUT2D eigenvalue weighted by Crippen LogP contribution is -2.32. The summed E-state index contributed by atoms with van der Waals surface area (Å²) in [6, 6.07) is 67.2. The van der Waals surface area contributed by atoms with Gasteiger partial charge in [0.15, 0.2) is 0 Å². The zero-order valence-electron chi connectivity index (χ0n) is 30.5. The molecule has 0 amide bonds. The molecule has 2 aliphatic rings. The van der Waals surface area contributed by atoms with Crippen LogP contribution >= 0.6 is 0 Å². The van der Waals surface area contributed by atoms with E-state index in [1.165, 1.54) is 5.56 Å². The fourth-order valence-corrected chi connectivity index (χ4v) is 9.15. The lowest BCUT2D eigenvalue weighted by atomic mass is 9.66. The number of nitrogens with zero attached hydrogens (tertiary/aromatic N) is 4. The average molecular weight is 727 g/mol. The second kappa shape index (κ2) is 12.5. The van der Waals surface area contributed by atoms with Crippen molar-refractivity contribution in [3.63, 3.8) is 0 Å². The van der Waals surface area contributed by atoms with Crippen LogP contribution in [0.3, 0.4) is 0 Å². The van der Waals surface area contributed by atoms with Gasteiger partial charge in [-0.1, -0.05) is 121 Å². The van der Waals surface area contributed by atoms with Crippen molar-refractivity contribution in [3.05, 3.63) is 215 Å². The Hall–Kier alpha value is -7.99. The highest BCUT2D eigenvalue weighted by Gasteiger charge is 2.51. The van der Waals surface area contributed by atoms with Crippen molar-refractivity contribution in [2.24, 2.45) is 0 Å². The first-order chi connectivity index (χ1) is 28.1. The van der Waals surface area contributed by atoms with Crippen molar-refractivity contribution >= 4 is 11.0 Å². The molecule has 11 rings (SSSR count). The molecule has 9 aromatic rings. The van der Waals surface area contributed by atoms with Crippen LogP contribution in [0.1, 0.15) is 33.4 Å². The maximum atomic E-state index is 9.85. The Balaban J connectivity index is 1.15. The van der Waals surface area contributed by atoms with Gasteiger partial charge in [0.1, 0.15) is 17.3 Å². The molecule has 0 atom stereocenters. The maximum Gasteiger partial charge on any atom is 0.145 e. The zero-order chi connectivity index (χ0) is 38.1. The van der Waals surface area contributed by atoms with Crippen LogP contribution in [-0.2, 0) is 5.41 Å². The number of rotatable bonds is 4. The Bertz CT molecular complexity index is 3100. The van der Waals surface area contributed by atoms with E-state index in [2.05, 4.69) is 156 Å². The summed E-state index contributed by atoms with van der Waals surface area (Å²) in [6.07, 6.45) is 0. The molecule has 0 radical (unpaired) electrons. The number of para-hydroxylation sites is 5. The molecule has 8 aromatic carbocycles. The fourth-order valence-electron chi connectivity index (χ4n) is 9.15. The Kier molecular flexibility index (Phi) is 7.13. The molecule has 0 N–H and O–H groups in total. The van der Waals surface area contributed by atoms with Crippen LogP contribution in [0.2, 0.25) is 0 Å². The van der Waals surface area contributed by atoms with E-state index < -0.39 is 5.41 Å². The van der Waals surface area contributed by atoms with Crippen molar-refractivity contribution in [1.29, 1.82) is 10.5 Å². The van der Waals surface area contributed by atoms with Crippen LogP contribution in [0.15, 0.2) is 182 Å². The largest absolute Gasteiger partial charge is 0.457 e. The van der Waals surface area contributed by atoms with E-state index in [9.17, 15) is 10.5 Å². The van der Waals surface area contributed by atoms with Gasteiger partial charge in [0.2, 0.25) is 0 Å². The molecule has 1 aliphatic heterocycles. The molecule has 0 unspecified atom stereocenters. The molecular formula is C52H30N4O. The van der Waals surface area contributed by atoms with Gasteiger partial charge < -0.3 is 4.74 Å². The number of fused-ring (bicyclic) bond motifs is 10. The van der Waals surface area contributed by atoms with Crippen LogP contribution in [0.5, 0.6) is 11.5 Å². The van der Waals surface area contributed by atoms with Gasteiger partial charge in [-0.3, -0.25) is 4.57 Å². The molecule has 0 bridgehead atoms. The van der Waals surface area contributed by atoms with Gasteiger partial charge in [0.05, 0.1) is 39.7 Å². The number of imidazole rings is 1. The molecule has 1 aliphatic carbocycles. The summed E-state index contributed by atoms with van der Waals surface area (Å²) < 4.78 is 8.83. The quantitative estimate of drug-likeness (QED) is 0.181. The third-order valence-corrected chi connectivity index (χ3v) is 11.5. The molecule has 0 fully saturated rings. The van der Waals surface area contributed by atoms with E-state index >= 15 is 0 Å².